The van der Waals surface area contributed by atoms with Crippen LogP contribution in [0, 0.1) is 0 Å². The quantitative estimate of drug-likeness (QED) is 0.779. The third-order valence-electron chi connectivity index (χ3n) is 1.89. The highest BCUT2D eigenvalue weighted by Gasteiger charge is 2.12. The number of hydrogen-bond donors (Lipinski definition) is 1. The fourth-order valence-electron chi connectivity index (χ4n) is 1.10. The number of nitrogens with two attached hydrogens (primary N) is 1. The average Bonchev–Trinajstić information content (AvgIpc) is 2.17. The lowest BCUT2D eigenvalue weighted by Gasteiger charge is -2.02. The summed E-state index contributed by atoms with van der Waals surface area (Å²) in [6.45, 7) is 1.55. The molecule has 15 heavy (non-hydrogen) atoms. The van der Waals surface area contributed by atoms with Gasteiger partial charge in [0.15, 0.2) is 9.84 Å². The zero-order chi connectivity index (χ0) is 11.5. The van der Waals surface area contributed by atoms with E-state index in [1.807, 2.05) is 0 Å². The van der Waals surface area contributed by atoms with Crippen LogP contribution in [0.2, 0.25) is 0 Å². The van der Waals surface area contributed by atoms with Gasteiger partial charge in [0, 0.05) is 12.4 Å². The minimum atomic E-state index is -3.27. The Morgan fingerprint density at radius 3 is 2.67 bits per heavy atom. The highest BCUT2D eigenvalue weighted by molar-refractivity contribution is 7.91. The maximum absolute atomic E-state index is 11.5. The summed E-state index contributed by atoms with van der Waals surface area (Å²) in [4.78, 5) is 14.5. The lowest BCUT2D eigenvalue weighted by molar-refractivity contribution is -0.117. The number of rotatable bonds is 4. The van der Waals surface area contributed by atoms with E-state index in [2.05, 4.69) is 4.98 Å². The second kappa shape index (κ2) is 4.39. The van der Waals surface area contributed by atoms with Crippen molar-refractivity contribution in [3.05, 3.63) is 24.0 Å². The Morgan fingerprint density at radius 1 is 1.47 bits per heavy atom. The number of carbonyl (C=O) groups excluding carboxylic acids is 1. The van der Waals surface area contributed by atoms with E-state index in [-0.39, 0.29) is 17.1 Å². The van der Waals surface area contributed by atoms with Crippen molar-refractivity contribution < 1.29 is 13.2 Å². The molecule has 1 amide bonds. The Balaban J connectivity index is 3.08. The normalized spacial score (nSPS) is 11.3. The molecule has 0 aliphatic rings. The first-order valence-electron chi connectivity index (χ1n) is 4.40. The van der Waals surface area contributed by atoms with E-state index in [1.165, 1.54) is 18.5 Å². The topological polar surface area (TPSA) is 90.1 Å². The zero-order valence-electron chi connectivity index (χ0n) is 8.30. The molecule has 0 aliphatic heterocycles. The Kier molecular flexibility index (Phi) is 3.41. The maximum Gasteiger partial charge on any atom is 0.221 e. The molecule has 1 aromatic heterocycles. The van der Waals surface area contributed by atoms with Gasteiger partial charge in [-0.3, -0.25) is 9.78 Å². The van der Waals surface area contributed by atoms with E-state index in [4.69, 9.17) is 5.73 Å². The van der Waals surface area contributed by atoms with Crippen LogP contribution in [0.15, 0.2) is 23.4 Å². The second-order valence-corrected chi connectivity index (χ2v) is 5.35. The summed E-state index contributed by atoms with van der Waals surface area (Å²) in [5.74, 6) is -0.503. The molecule has 0 saturated carbocycles. The van der Waals surface area contributed by atoms with E-state index < -0.39 is 15.7 Å². The molecule has 0 saturated heterocycles. The van der Waals surface area contributed by atoms with Gasteiger partial charge in [-0.1, -0.05) is 6.92 Å². The van der Waals surface area contributed by atoms with Crippen molar-refractivity contribution in [3.8, 4) is 0 Å². The highest BCUT2D eigenvalue weighted by atomic mass is 32.2. The van der Waals surface area contributed by atoms with E-state index in [9.17, 15) is 13.2 Å². The van der Waals surface area contributed by atoms with Crippen LogP contribution in [-0.4, -0.2) is 25.1 Å². The van der Waals surface area contributed by atoms with Gasteiger partial charge >= 0.3 is 0 Å². The SMILES string of the molecule is CCS(=O)(=O)c1cncc(CC(N)=O)c1. The molecule has 0 bridgehead atoms. The van der Waals surface area contributed by atoms with Crippen LogP contribution < -0.4 is 5.73 Å². The highest BCUT2D eigenvalue weighted by Crippen LogP contribution is 2.11. The molecule has 1 rings (SSSR count). The molecule has 82 valence electrons. The van der Waals surface area contributed by atoms with Crippen molar-refractivity contribution in [1.29, 1.82) is 0 Å². The molecule has 0 fully saturated rings. The van der Waals surface area contributed by atoms with E-state index >= 15 is 0 Å². The Bertz CT molecular complexity index is 468. The number of amides is 1. The summed E-state index contributed by atoms with van der Waals surface area (Å²) in [6, 6.07) is 1.43. The predicted octanol–water partition coefficient (Wildman–Crippen LogP) is -0.0970. The molecule has 0 atom stereocenters. The van der Waals surface area contributed by atoms with E-state index in [1.54, 1.807) is 6.92 Å². The fourth-order valence-corrected chi connectivity index (χ4v) is 1.98. The van der Waals surface area contributed by atoms with Crippen LogP contribution in [0.3, 0.4) is 0 Å². The first kappa shape index (κ1) is 11.6. The van der Waals surface area contributed by atoms with Crippen molar-refractivity contribution in [1.82, 2.24) is 4.98 Å². The third kappa shape index (κ3) is 3.02. The van der Waals surface area contributed by atoms with Crippen LogP contribution in [0.1, 0.15) is 12.5 Å². The monoisotopic (exact) mass is 228 g/mol. The van der Waals surface area contributed by atoms with Crippen LogP contribution >= 0.6 is 0 Å². The molecule has 0 aliphatic carbocycles. The number of sulfone groups is 1. The summed E-state index contributed by atoms with van der Waals surface area (Å²) in [5.41, 5.74) is 5.51. The molecule has 0 aromatic carbocycles. The zero-order valence-corrected chi connectivity index (χ0v) is 9.12. The van der Waals surface area contributed by atoms with Gasteiger partial charge < -0.3 is 5.73 Å². The van der Waals surface area contributed by atoms with Crippen molar-refractivity contribution in [2.45, 2.75) is 18.2 Å². The molecule has 1 aromatic rings. The Morgan fingerprint density at radius 2 is 2.13 bits per heavy atom. The Hall–Kier alpha value is -1.43. The molecule has 6 heteroatoms. The molecule has 0 radical (unpaired) electrons. The fraction of sp³-hybridized carbons (Fsp3) is 0.333. The number of pyridine rings is 1. The summed E-state index contributed by atoms with van der Waals surface area (Å²) >= 11 is 0. The van der Waals surface area contributed by atoms with Crippen molar-refractivity contribution >= 4 is 15.7 Å². The van der Waals surface area contributed by atoms with E-state index in [0.29, 0.717) is 5.56 Å². The summed E-state index contributed by atoms with van der Waals surface area (Å²) in [7, 11) is -3.27. The molecule has 1 heterocycles. The summed E-state index contributed by atoms with van der Waals surface area (Å²) in [6.07, 6.45) is 2.70. The summed E-state index contributed by atoms with van der Waals surface area (Å²) < 4.78 is 23.0. The third-order valence-corrected chi connectivity index (χ3v) is 3.59. The van der Waals surface area contributed by atoms with Gasteiger partial charge in [0.25, 0.3) is 0 Å². The largest absolute Gasteiger partial charge is 0.369 e. The minimum Gasteiger partial charge on any atom is -0.369 e. The standard InChI is InChI=1S/C9H12N2O3S/c1-2-15(13,14)8-3-7(4-9(10)12)5-11-6-8/h3,5-6H,2,4H2,1H3,(H2,10,12). The molecular weight excluding hydrogens is 216 g/mol. The first-order chi connectivity index (χ1) is 6.95. The molecule has 5 nitrogen and oxygen atoms in total. The number of primary amides is 1. The summed E-state index contributed by atoms with van der Waals surface area (Å²) in [5, 5.41) is 0. The first-order valence-corrected chi connectivity index (χ1v) is 6.06. The van der Waals surface area contributed by atoms with Crippen LogP contribution in [0.4, 0.5) is 0 Å². The van der Waals surface area contributed by atoms with Crippen molar-refractivity contribution in [3.63, 3.8) is 0 Å². The average molecular weight is 228 g/mol. The minimum absolute atomic E-state index is 0.0000737. The van der Waals surface area contributed by atoms with Crippen LogP contribution in [0.5, 0.6) is 0 Å². The van der Waals surface area contributed by atoms with Gasteiger partial charge in [-0.15, -0.1) is 0 Å². The van der Waals surface area contributed by atoms with Crippen LogP contribution in [0.25, 0.3) is 0 Å². The van der Waals surface area contributed by atoms with Crippen molar-refractivity contribution in [2.24, 2.45) is 5.73 Å². The Labute approximate surface area is 88.2 Å². The number of aromatic nitrogens is 1. The lowest BCUT2D eigenvalue weighted by Crippen LogP contribution is -2.14. The lowest BCUT2D eigenvalue weighted by atomic mass is 10.2. The second-order valence-electron chi connectivity index (χ2n) is 3.08. The van der Waals surface area contributed by atoms with Crippen molar-refractivity contribution in [2.75, 3.05) is 5.75 Å². The van der Waals surface area contributed by atoms with Gasteiger partial charge in [-0.25, -0.2) is 8.42 Å². The van der Waals surface area contributed by atoms with Gasteiger partial charge in [0.1, 0.15) is 0 Å². The number of nitrogens with zero attached hydrogens (tertiary/aromatic N) is 1. The maximum atomic E-state index is 11.5. The predicted molar refractivity (Wildman–Crippen MR) is 54.9 cm³/mol. The molecule has 0 unspecified atom stereocenters. The van der Waals surface area contributed by atoms with Gasteiger partial charge in [0.05, 0.1) is 17.1 Å². The number of hydrogen-bond acceptors (Lipinski definition) is 4. The molecular formula is C9H12N2O3S. The van der Waals surface area contributed by atoms with Gasteiger partial charge in [-0.2, -0.15) is 0 Å². The van der Waals surface area contributed by atoms with Gasteiger partial charge in [0.2, 0.25) is 5.91 Å². The molecule has 2 N–H and O–H groups in total. The van der Waals surface area contributed by atoms with Crippen LogP contribution in [-0.2, 0) is 21.1 Å². The molecule has 0 spiro atoms. The number of carbonyl (C=O) groups is 1. The van der Waals surface area contributed by atoms with E-state index in [0.717, 1.165) is 0 Å². The van der Waals surface area contributed by atoms with Gasteiger partial charge in [-0.05, 0) is 11.6 Å². The smallest absolute Gasteiger partial charge is 0.221 e.